The van der Waals surface area contributed by atoms with Gasteiger partial charge in [-0.25, -0.2) is 14.4 Å². The van der Waals surface area contributed by atoms with Crippen LogP contribution in [-0.2, 0) is 14.0 Å². The number of nitrogens with zero attached hydrogens (tertiary/aromatic N) is 4. The monoisotopic (exact) mass is 474 g/mol. The normalized spacial score (nSPS) is 27.7. The summed E-state index contributed by atoms with van der Waals surface area (Å²) in [6, 6.07) is 0. The van der Waals surface area contributed by atoms with Gasteiger partial charge in [-0.2, -0.15) is 4.98 Å². The molecule has 0 unspecified atom stereocenters. The van der Waals surface area contributed by atoms with E-state index in [-0.39, 0.29) is 5.88 Å². The van der Waals surface area contributed by atoms with E-state index >= 15 is 0 Å². The van der Waals surface area contributed by atoms with Crippen LogP contribution in [0.2, 0.25) is 0 Å². The molecule has 13 heteroatoms. The third-order valence-electron chi connectivity index (χ3n) is 3.31. The highest BCUT2D eigenvalue weighted by Gasteiger charge is 2.46. The highest BCUT2D eigenvalue weighted by Crippen LogP contribution is 2.41. The molecule has 0 amide bonds. The first-order valence-electron chi connectivity index (χ1n) is 6.63. The van der Waals surface area contributed by atoms with Crippen molar-refractivity contribution < 1.29 is 33.0 Å². The maximum atomic E-state index is 14.6. The van der Waals surface area contributed by atoms with Gasteiger partial charge in [-0.05, 0) is 0 Å². The molecule has 10 nitrogen and oxygen atoms in total. The van der Waals surface area contributed by atoms with E-state index in [1.165, 1.54) is 24.3 Å². The quantitative estimate of drug-likeness (QED) is 0.370. The predicted octanol–water partition coefficient (Wildman–Crippen LogP) is 0.983. The molecule has 24 heavy (non-hydrogen) atoms. The average molecular weight is 474 g/mol. The molecule has 1 aliphatic heterocycles. The first kappa shape index (κ1) is 17.9. The summed E-state index contributed by atoms with van der Waals surface area (Å²) in [6.45, 7) is 0. The van der Waals surface area contributed by atoms with Crippen LogP contribution in [0.4, 0.5) is 4.39 Å². The van der Waals surface area contributed by atoms with Gasteiger partial charge in [0.2, 0.25) is 5.88 Å². The number of aromatic nitrogens is 4. The van der Waals surface area contributed by atoms with Gasteiger partial charge in [0.25, 0.3) is 0 Å². The number of rotatable bonds is 5. The van der Waals surface area contributed by atoms with Gasteiger partial charge >= 0.3 is 7.60 Å². The van der Waals surface area contributed by atoms with Gasteiger partial charge in [0.05, 0.1) is 17.4 Å². The SMILES string of the molecule is COc1ncnc2c1ncn2[C@@H]1O[C@H](OCP(=O)(O)O)[C@@H](I)[C@@H]1F. The summed E-state index contributed by atoms with van der Waals surface area (Å²) in [5, 5.41) is 0. The van der Waals surface area contributed by atoms with Crippen molar-refractivity contribution >= 4 is 41.4 Å². The zero-order chi connectivity index (χ0) is 17.5. The van der Waals surface area contributed by atoms with Crippen LogP contribution in [-0.4, -0.2) is 59.1 Å². The van der Waals surface area contributed by atoms with E-state index in [1.54, 1.807) is 22.6 Å². The molecule has 1 saturated heterocycles. The minimum Gasteiger partial charge on any atom is -0.479 e. The Morgan fingerprint density at radius 3 is 2.88 bits per heavy atom. The van der Waals surface area contributed by atoms with E-state index in [0.29, 0.717) is 11.2 Å². The Kier molecular flexibility index (Phi) is 5.04. The maximum Gasteiger partial charge on any atom is 0.351 e. The fourth-order valence-corrected chi connectivity index (χ4v) is 3.36. The molecule has 3 rings (SSSR count). The lowest BCUT2D eigenvalue weighted by Gasteiger charge is -2.16. The predicted molar refractivity (Wildman–Crippen MR) is 86.5 cm³/mol. The number of fused-ring (bicyclic) bond motifs is 1. The zero-order valence-electron chi connectivity index (χ0n) is 12.2. The summed E-state index contributed by atoms with van der Waals surface area (Å²) in [7, 11) is -2.95. The summed E-state index contributed by atoms with van der Waals surface area (Å²) in [5.74, 6) is 0.243. The number of ether oxygens (including phenoxy) is 3. The van der Waals surface area contributed by atoms with Crippen LogP contribution >= 0.6 is 30.2 Å². The number of imidazole rings is 1. The standard InChI is InChI=1S/C11H13FIN4O6P/c1-21-9-7-8(14-2-15-9)17(3-16-7)10-5(12)6(13)11(23-10)22-4-24(18,19)20/h2-3,5-6,10-11H,4H2,1H3,(H2,18,19,20)/t5-,6-,10+,11-/m0/s1. The van der Waals surface area contributed by atoms with E-state index in [0.717, 1.165) is 0 Å². The van der Waals surface area contributed by atoms with Crippen LogP contribution in [0.3, 0.4) is 0 Å². The lowest BCUT2D eigenvalue weighted by Crippen LogP contribution is -2.25. The second-order valence-corrected chi connectivity index (χ2v) is 7.98. The number of hydrogen-bond donors (Lipinski definition) is 2. The van der Waals surface area contributed by atoms with E-state index in [9.17, 15) is 8.96 Å². The molecule has 0 aliphatic carbocycles. The topological polar surface area (TPSA) is 129 Å². The van der Waals surface area contributed by atoms with Gasteiger partial charge in [-0.3, -0.25) is 9.13 Å². The molecule has 0 aromatic carbocycles. The second kappa shape index (κ2) is 6.77. The molecule has 0 spiro atoms. The second-order valence-electron chi connectivity index (χ2n) is 4.95. The first-order chi connectivity index (χ1) is 11.3. The maximum absolute atomic E-state index is 14.6. The third kappa shape index (κ3) is 3.39. The Morgan fingerprint density at radius 1 is 1.46 bits per heavy atom. The van der Waals surface area contributed by atoms with Crippen molar-refractivity contribution in [2.45, 2.75) is 22.6 Å². The molecule has 2 aromatic heterocycles. The summed E-state index contributed by atoms with van der Waals surface area (Å²) in [6.07, 6.45) is -1.96. The van der Waals surface area contributed by atoms with Gasteiger partial charge in [-0.15, -0.1) is 0 Å². The molecule has 4 atom stereocenters. The van der Waals surface area contributed by atoms with E-state index in [2.05, 4.69) is 15.0 Å². The largest absolute Gasteiger partial charge is 0.479 e. The molecule has 0 radical (unpaired) electrons. The molecular weight excluding hydrogens is 461 g/mol. The molecule has 2 aromatic rings. The summed E-state index contributed by atoms with van der Waals surface area (Å²) < 4.78 is 41.7. The lowest BCUT2D eigenvalue weighted by molar-refractivity contribution is -0.140. The Hall–Kier alpha value is -0.920. The summed E-state index contributed by atoms with van der Waals surface area (Å²) in [4.78, 5) is 29.8. The summed E-state index contributed by atoms with van der Waals surface area (Å²) >= 11 is 1.78. The molecule has 0 bridgehead atoms. The minimum absolute atomic E-state index is 0.243. The number of methoxy groups -OCH3 is 1. The number of hydrogen-bond acceptors (Lipinski definition) is 7. The van der Waals surface area contributed by atoms with Gasteiger partial charge in [0.1, 0.15) is 6.33 Å². The van der Waals surface area contributed by atoms with Crippen molar-refractivity contribution in [1.82, 2.24) is 19.5 Å². The molecule has 2 N–H and O–H groups in total. The third-order valence-corrected chi connectivity index (χ3v) is 5.07. The van der Waals surface area contributed by atoms with Crippen LogP contribution < -0.4 is 4.74 Å². The van der Waals surface area contributed by atoms with Crippen molar-refractivity contribution in [3.63, 3.8) is 0 Å². The summed E-state index contributed by atoms with van der Waals surface area (Å²) in [5.41, 5.74) is 0.661. The van der Waals surface area contributed by atoms with Gasteiger partial charge < -0.3 is 24.0 Å². The van der Waals surface area contributed by atoms with Gasteiger partial charge in [0.15, 0.2) is 36.2 Å². The van der Waals surface area contributed by atoms with Crippen molar-refractivity contribution in [3.8, 4) is 5.88 Å². The highest BCUT2D eigenvalue weighted by atomic mass is 127. The number of halogens is 2. The van der Waals surface area contributed by atoms with E-state index in [4.69, 9.17) is 24.0 Å². The fraction of sp³-hybridized carbons (Fsp3) is 0.545. The van der Waals surface area contributed by atoms with E-state index in [1.807, 2.05) is 0 Å². The van der Waals surface area contributed by atoms with Crippen molar-refractivity contribution in [2.75, 3.05) is 13.5 Å². The van der Waals surface area contributed by atoms with Crippen LogP contribution in [0.25, 0.3) is 11.2 Å². The van der Waals surface area contributed by atoms with Crippen LogP contribution in [0, 0.1) is 0 Å². The van der Waals surface area contributed by atoms with Crippen LogP contribution in [0.5, 0.6) is 5.88 Å². The fourth-order valence-electron chi connectivity index (χ4n) is 2.28. The molecule has 132 valence electrons. The Bertz CT molecular complexity index is 787. The Labute approximate surface area is 148 Å². The van der Waals surface area contributed by atoms with Crippen LogP contribution in [0.1, 0.15) is 6.23 Å². The molecule has 3 heterocycles. The highest BCUT2D eigenvalue weighted by molar-refractivity contribution is 14.1. The number of alkyl halides is 2. The van der Waals surface area contributed by atoms with Gasteiger partial charge in [-0.1, -0.05) is 22.6 Å². The molecule has 1 fully saturated rings. The van der Waals surface area contributed by atoms with Crippen LogP contribution in [0.15, 0.2) is 12.7 Å². The average Bonchev–Trinajstić information content (AvgIpc) is 3.07. The Morgan fingerprint density at radius 2 is 2.21 bits per heavy atom. The van der Waals surface area contributed by atoms with Crippen molar-refractivity contribution in [2.24, 2.45) is 0 Å². The van der Waals surface area contributed by atoms with Crippen molar-refractivity contribution in [1.29, 1.82) is 0 Å². The van der Waals surface area contributed by atoms with E-state index < -0.39 is 36.6 Å². The minimum atomic E-state index is -4.38. The van der Waals surface area contributed by atoms with Gasteiger partial charge in [0, 0.05) is 0 Å². The zero-order valence-corrected chi connectivity index (χ0v) is 15.2. The Balaban J connectivity index is 1.86. The molecular formula is C11H13FIN4O6P. The molecule has 1 aliphatic rings. The molecule has 0 saturated carbocycles. The lowest BCUT2D eigenvalue weighted by atomic mass is 10.3. The smallest absolute Gasteiger partial charge is 0.351 e. The first-order valence-corrected chi connectivity index (χ1v) is 9.67. The van der Waals surface area contributed by atoms with Crippen molar-refractivity contribution in [3.05, 3.63) is 12.7 Å².